The van der Waals surface area contributed by atoms with Gasteiger partial charge in [0.2, 0.25) is 0 Å². The van der Waals surface area contributed by atoms with E-state index in [1.807, 2.05) is 11.4 Å². The van der Waals surface area contributed by atoms with E-state index >= 15 is 0 Å². The lowest BCUT2D eigenvalue weighted by Crippen LogP contribution is -2.26. The van der Waals surface area contributed by atoms with Crippen molar-refractivity contribution in [1.29, 1.82) is 0 Å². The van der Waals surface area contributed by atoms with Crippen molar-refractivity contribution in [2.24, 2.45) is 11.3 Å². The topological polar surface area (TPSA) is 55.4 Å². The Kier molecular flexibility index (Phi) is 5.53. The van der Waals surface area contributed by atoms with E-state index in [2.05, 4.69) is 26.1 Å². The second-order valence-corrected chi connectivity index (χ2v) is 9.72. The van der Waals surface area contributed by atoms with Crippen molar-refractivity contribution in [3.8, 4) is 0 Å². The molecule has 2 heterocycles. The minimum Gasteiger partial charge on any atom is -0.462 e. The summed E-state index contributed by atoms with van der Waals surface area (Å²) in [5.74, 6) is 0.0711. The maximum Gasteiger partial charge on any atom is 0.341 e. The number of rotatable bonds is 4. The number of anilines is 1. The molecular formula is C20H25NO3S2. The van der Waals surface area contributed by atoms with E-state index in [1.165, 1.54) is 27.6 Å². The monoisotopic (exact) mass is 391 g/mol. The second kappa shape index (κ2) is 7.53. The van der Waals surface area contributed by atoms with Crippen molar-refractivity contribution < 1.29 is 14.3 Å². The summed E-state index contributed by atoms with van der Waals surface area (Å²) in [7, 11) is 0. The molecule has 2 aromatic heterocycles. The molecule has 4 nitrogen and oxygen atoms in total. The zero-order valence-electron chi connectivity index (χ0n) is 15.7. The first-order valence-electron chi connectivity index (χ1n) is 8.97. The van der Waals surface area contributed by atoms with Gasteiger partial charge in [0.1, 0.15) is 5.00 Å². The van der Waals surface area contributed by atoms with Crippen LogP contribution in [0.1, 0.15) is 64.6 Å². The molecule has 0 aliphatic heterocycles. The Morgan fingerprint density at radius 1 is 1.35 bits per heavy atom. The maximum absolute atomic E-state index is 12.6. The lowest BCUT2D eigenvalue weighted by Gasteiger charge is -2.33. The summed E-state index contributed by atoms with van der Waals surface area (Å²) < 4.78 is 5.28. The molecule has 1 aliphatic carbocycles. The van der Waals surface area contributed by atoms with Gasteiger partial charge >= 0.3 is 5.97 Å². The molecule has 0 radical (unpaired) electrons. The number of nitrogens with one attached hydrogen (secondary N) is 1. The third-order valence-corrected chi connectivity index (χ3v) is 6.98. The molecule has 0 saturated carbocycles. The molecule has 1 amide bonds. The number of ether oxygens (including phenoxy) is 1. The maximum atomic E-state index is 12.6. The van der Waals surface area contributed by atoms with Crippen LogP contribution in [0.5, 0.6) is 0 Å². The number of hydrogen-bond acceptors (Lipinski definition) is 5. The largest absolute Gasteiger partial charge is 0.462 e. The molecule has 1 aliphatic rings. The highest BCUT2D eigenvalue weighted by molar-refractivity contribution is 7.17. The molecular weight excluding hydrogens is 366 g/mol. The lowest BCUT2D eigenvalue weighted by molar-refractivity contribution is 0.0526. The molecule has 0 spiro atoms. The van der Waals surface area contributed by atoms with E-state index in [0.717, 1.165) is 24.8 Å². The Morgan fingerprint density at radius 3 is 2.73 bits per heavy atom. The van der Waals surface area contributed by atoms with E-state index in [1.54, 1.807) is 13.0 Å². The molecule has 0 unspecified atom stereocenters. The van der Waals surface area contributed by atoms with Crippen LogP contribution in [-0.2, 0) is 17.6 Å². The molecule has 6 heteroatoms. The highest BCUT2D eigenvalue weighted by Gasteiger charge is 2.34. The summed E-state index contributed by atoms with van der Waals surface area (Å²) in [6, 6.07) is 3.63. The summed E-state index contributed by atoms with van der Waals surface area (Å²) in [6.45, 7) is 8.93. The highest BCUT2D eigenvalue weighted by Crippen LogP contribution is 2.44. The number of thiophene rings is 2. The molecule has 26 heavy (non-hydrogen) atoms. The minimum atomic E-state index is -0.333. The van der Waals surface area contributed by atoms with Crippen LogP contribution in [0, 0.1) is 11.3 Å². The fourth-order valence-electron chi connectivity index (χ4n) is 3.40. The number of fused-ring (bicyclic) bond motifs is 1. The zero-order valence-corrected chi connectivity index (χ0v) is 17.3. The smallest absolute Gasteiger partial charge is 0.341 e. The van der Waals surface area contributed by atoms with Crippen LogP contribution in [-0.4, -0.2) is 18.5 Å². The van der Waals surface area contributed by atoms with Gasteiger partial charge in [0.25, 0.3) is 5.91 Å². The fourth-order valence-corrected chi connectivity index (χ4v) is 5.33. The van der Waals surface area contributed by atoms with Gasteiger partial charge in [-0.1, -0.05) is 26.8 Å². The Bertz CT molecular complexity index is 800. The first-order chi connectivity index (χ1) is 12.3. The van der Waals surface area contributed by atoms with E-state index in [0.29, 0.717) is 28.0 Å². The van der Waals surface area contributed by atoms with Gasteiger partial charge in [-0.25, -0.2) is 4.79 Å². The van der Waals surface area contributed by atoms with Gasteiger partial charge < -0.3 is 10.1 Å². The summed E-state index contributed by atoms with van der Waals surface area (Å²) in [6.07, 6.45) is 2.86. The predicted octanol–water partition coefficient (Wildman–Crippen LogP) is 5.39. The molecule has 0 bridgehead atoms. The van der Waals surface area contributed by atoms with E-state index in [4.69, 9.17) is 4.74 Å². The first-order valence-corrected chi connectivity index (χ1v) is 10.7. The Labute approximate surface area is 162 Å². The Hall–Kier alpha value is -1.66. The van der Waals surface area contributed by atoms with Gasteiger partial charge in [0, 0.05) is 4.88 Å². The number of carbonyl (C=O) groups excluding carboxylic acids is 2. The summed E-state index contributed by atoms with van der Waals surface area (Å²) in [5.41, 5.74) is 1.85. The number of carbonyl (C=O) groups is 2. The second-order valence-electron chi connectivity index (χ2n) is 7.67. The van der Waals surface area contributed by atoms with E-state index < -0.39 is 0 Å². The Balaban J connectivity index is 1.94. The quantitative estimate of drug-likeness (QED) is 0.711. The molecule has 0 aromatic carbocycles. The van der Waals surface area contributed by atoms with Crippen molar-refractivity contribution in [3.63, 3.8) is 0 Å². The van der Waals surface area contributed by atoms with Gasteiger partial charge in [0.05, 0.1) is 17.0 Å². The number of esters is 1. The SMILES string of the molecule is CCOC(=O)c1c(NC(=O)c2cccs2)sc2c1CC[C@H](C(C)(C)C)C2. The van der Waals surface area contributed by atoms with Crippen LogP contribution in [0.2, 0.25) is 0 Å². The third kappa shape index (κ3) is 3.86. The summed E-state index contributed by atoms with van der Waals surface area (Å²) >= 11 is 2.92. The van der Waals surface area contributed by atoms with Crippen LogP contribution in [0.25, 0.3) is 0 Å². The fraction of sp³-hybridized carbons (Fsp3) is 0.500. The predicted molar refractivity (Wildman–Crippen MR) is 108 cm³/mol. The van der Waals surface area contributed by atoms with Crippen molar-refractivity contribution in [2.75, 3.05) is 11.9 Å². The van der Waals surface area contributed by atoms with Gasteiger partial charge in [-0.05, 0) is 54.5 Å². The molecule has 1 atom stereocenters. The van der Waals surface area contributed by atoms with Crippen LogP contribution in [0.3, 0.4) is 0 Å². The van der Waals surface area contributed by atoms with E-state index in [9.17, 15) is 9.59 Å². The minimum absolute atomic E-state index is 0.170. The van der Waals surface area contributed by atoms with Gasteiger partial charge in [-0.2, -0.15) is 0 Å². The van der Waals surface area contributed by atoms with Crippen molar-refractivity contribution >= 4 is 39.6 Å². The zero-order chi connectivity index (χ0) is 18.9. The van der Waals surface area contributed by atoms with Crippen molar-refractivity contribution in [1.82, 2.24) is 0 Å². The first kappa shape index (κ1) is 19.1. The van der Waals surface area contributed by atoms with Crippen LogP contribution < -0.4 is 5.32 Å². The van der Waals surface area contributed by atoms with Crippen molar-refractivity contribution in [3.05, 3.63) is 38.4 Å². The molecule has 0 fully saturated rings. The van der Waals surface area contributed by atoms with Crippen molar-refractivity contribution in [2.45, 2.75) is 47.0 Å². The van der Waals surface area contributed by atoms with Gasteiger partial charge in [-0.15, -0.1) is 22.7 Å². The highest BCUT2D eigenvalue weighted by atomic mass is 32.1. The standard InChI is InChI=1S/C20H25NO3S2/c1-5-24-19(23)16-13-9-8-12(20(2,3)4)11-15(13)26-18(16)21-17(22)14-7-6-10-25-14/h6-7,10,12H,5,8-9,11H2,1-4H3,(H,21,22)/t12-/m0/s1. The molecule has 3 rings (SSSR count). The van der Waals surface area contributed by atoms with Crippen LogP contribution in [0.15, 0.2) is 17.5 Å². The average Bonchev–Trinajstić information content (AvgIpc) is 3.21. The number of hydrogen-bond donors (Lipinski definition) is 1. The van der Waals surface area contributed by atoms with Crippen LogP contribution >= 0.6 is 22.7 Å². The summed E-state index contributed by atoms with van der Waals surface area (Å²) in [4.78, 5) is 26.9. The molecule has 0 saturated heterocycles. The normalized spacial score (nSPS) is 16.8. The molecule has 140 valence electrons. The average molecular weight is 392 g/mol. The third-order valence-electron chi connectivity index (χ3n) is 4.94. The molecule has 2 aromatic rings. The Morgan fingerprint density at radius 2 is 2.12 bits per heavy atom. The molecule has 1 N–H and O–H groups in total. The van der Waals surface area contributed by atoms with Gasteiger partial charge in [0.15, 0.2) is 0 Å². The van der Waals surface area contributed by atoms with Crippen LogP contribution in [0.4, 0.5) is 5.00 Å². The number of amides is 1. The lowest BCUT2D eigenvalue weighted by atomic mass is 9.72. The summed E-state index contributed by atoms with van der Waals surface area (Å²) in [5, 5.41) is 5.45. The van der Waals surface area contributed by atoms with Gasteiger partial charge in [-0.3, -0.25) is 4.79 Å². The van der Waals surface area contributed by atoms with E-state index in [-0.39, 0.29) is 17.3 Å².